The van der Waals surface area contributed by atoms with Crippen molar-refractivity contribution in [2.45, 2.75) is 154 Å². The van der Waals surface area contributed by atoms with Crippen molar-refractivity contribution in [1.82, 2.24) is 5.32 Å². The van der Waals surface area contributed by atoms with Gasteiger partial charge in [0.15, 0.2) is 0 Å². The summed E-state index contributed by atoms with van der Waals surface area (Å²) in [6.45, 7) is 4.50. The van der Waals surface area contributed by atoms with Gasteiger partial charge in [-0.2, -0.15) is 0 Å². The zero-order valence-electron chi connectivity index (χ0n) is 32.6. The number of phosphoric acid groups is 1. The summed E-state index contributed by atoms with van der Waals surface area (Å²) in [5.41, 5.74) is 0. The predicted molar refractivity (Wildman–Crippen MR) is 210 cm³/mol. The molecule has 3 unspecified atom stereocenters. The average molecular weight is 723 g/mol. The van der Waals surface area contributed by atoms with Crippen molar-refractivity contribution < 1.29 is 32.9 Å². The van der Waals surface area contributed by atoms with E-state index in [9.17, 15) is 19.4 Å². The summed E-state index contributed by atoms with van der Waals surface area (Å²) in [5.74, 6) is -0.192. The lowest BCUT2D eigenvalue weighted by Crippen LogP contribution is -2.46. The Morgan fingerprint density at radius 1 is 0.720 bits per heavy atom. The molecule has 3 atom stereocenters. The van der Waals surface area contributed by atoms with Crippen LogP contribution in [0.15, 0.2) is 60.8 Å². The first-order valence-corrected chi connectivity index (χ1v) is 21.1. The number of hydrogen-bond acceptors (Lipinski definition) is 6. The smallest absolute Gasteiger partial charge is 0.268 e. The van der Waals surface area contributed by atoms with E-state index < -0.39 is 20.0 Å². The number of unbranched alkanes of at least 4 members (excludes halogenated alkanes) is 11. The Hall–Kier alpha value is -1.80. The largest absolute Gasteiger partial charge is 0.756 e. The van der Waals surface area contributed by atoms with Crippen molar-refractivity contribution in [2.75, 3.05) is 40.9 Å². The number of carbonyl (C=O) groups is 1. The zero-order chi connectivity index (χ0) is 37.2. The van der Waals surface area contributed by atoms with Gasteiger partial charge in [-0.05, 0) is 57.8 Å². The fourth-order valence-electron chi connectivity index (χ4n) is 5.12. The second-order valence-corrected chi connectivity index (χ2v) is 15.7. The standard InChI is InChI=1S/C41H75N2O6P/c1-6-8-10-12-14-15-16-17-18-19-20-21-22-23-24-25-26-27-29-31-33-35-41(45)42-39(40(44)34-32-30-28-13-11-9-7-2)38-49-50(46,47)48-37-36-43(3,4)5/h8,10,14-15,17-18,20-21,23-24,39-40,44H,6-7,9,11-13,16,19,22,25-38H2,1-5H3,(H-,42,45,46,47)/b10-8-,15-14-,18-17-,21-20-,24-23-. The quantitative estimate of drug-likeness (QED) is 0.0297. The minimum Gasteiger partial charge on any atom is -0.756 e. The summed E-state index contributed by atoms with van der Waals surface area (Å²) >= 11 is 0. The van der Waals surface area contributed by atoms with E-state index in [0.717, 1.165) is 89.9 Å². The number of nitrogens with one attached hydrogen (secondary N) is 1. The normalized spacial score (nSPS) is 15.3. The molecule has 50 heavy (non-hydrogen) atoms. The molecule has 2 N–H and O–H groups in total. The maximum atomic E-state index is 12.8. The first-order chi connectivity index (χ1) is 24.0. The molecule has 0 aliphatic carbocycles. The molecule has 0 aromatic heterocycles. The number of carbonyl (C=O) groups excluding carboxylic acids is 1. The molecule has 0 saturated carbocycles. The Bertz CT molecular complexity index is 1000. The molecule has 0 fully saturated rings. The number of rotatable bonds is 34. The molecular weight excluding hydrogens is 647 g/mol. The van der Waals surface area contributed by atoms with Crippen LogP contribution < -0.4 is 10.2 Å². The second kappa shape index (κ2) is 33.1. The van der Waals surface area contributed by atoms with E-state index in [-0.39, 0.29) is 19.1 Å². The number of nitrogens with zero attached hydrogens (tertiary/aromatic N) is 1. The van der Waals surface area contributed by atoms with Gasteiger partial charge in [-0.1, -0.05) is 139 Å². The summed E-state index contributed by atoms with van der Waals surface area (Å²) in [4.78, 5) is 25.1. The lowest BCUT2D eigenvalue weighted by atomic mass is 10.0. The number of quaternary nitrogens is 1. The summed E-state index contributed by atoms with van der Waals surface area (Å²) in [6.07, 6.45) is 41.0. The first-order valence-electron chi connectivity index (χ1n) is 19.6. The van der Waals surface area contributed by atoms with Crippen molar-refractivity contribution >= 4 is 13.7 Å². The summed E-state index contributed by atoms with van der Waals surface area (Å²) in [5, 5.41) is 13.7. The number of aliphatic hydroxyl groups excluding tert-OH is 1. The van der Waals surface area contributed by atoms with Gasteiger partial charge in [0.25, 0.3) is 7.82 Å². The summed E-state index contributed by atoms with van der Waals surface area (Å²) < 4.78 is 23.1. The highest BCUT2D eigenvalue weighted by Crippen LogP contribution is 2.38. The number of amides is 1. The minimum absolute atomic E-state index is 0.00417. The van der Waals surface area contributed by atoms with Gasteiger partial charge in [-0.15, -0.1) is 0 Å². The SMILES string of the molecule is CC/C=C\C/C=C\C/C=C\C/C=C\C/C=C\CCCCCCCC(=O)NC(COP(=O)([O-])OCC[N+](C)(C)C)C(O)CCCCCCCCC. The van der Waals surface area contributed by atoms with Crippen LogP contribution in [-0.2, 0) is 18.4 Å². The van der Waals surface area contributed by atoms with Gasteiger partial charge >= 0.3 is 0 Å². The van der Waals surface area contributed by atoms with E-state index in [1.807, 2.05) is 21.1 Å². The van der Waals surface area contributed by atoms with E-state index in [2.05, 4.69) is 79.9 Å². The number of phosphoric ester groups is 1. The van der Waals surface area contributed by atoms with E-state index in [1.165, 1.54) is 25.7 Å². The third-order valence-electron chi connectivity index (χ3n) is 8.27. The molecule has 0 bridgehead atoms. The van der Waals surface area contributed by atoms with Crippen molar-refractivity contribution in [2.24, 2.45) is 0 Å². The highest BCUT2D eigenvalue weighted by Gasteiger charge is 2.24. The van der Waals surface area contributed by atoms with Gasteiger partial charge in [-0.3, -0.25) is 9.36 Å². The topological polar surface area (TPSA) is 108 Å². The van der Waals surface area contributed by atoms with Crippen LogP contribution in [-0.4, -0.2) is 68.5 Å². The van der Waals surface area contributed by atoms with Crippen LogP contribution in [0, 0.1) is 0 Å². The van der Waals surface area contributed by atoms with Gasteiger partial charge in [0.05, 0.1) is 39.9 Å². The van der Waals surface area contributed by atoms with Crippen LogP contribution >= 0.6 is 7.82 Å². The molecule has 0 heterocycles. The van der Waals surface area contributed by atoms with Crippen LogP contribution in [0.1, 0.15) is 142 Å². The lowest BCUT2D eigenvalue weighted by molar-refractivity contribution is -0.870. The van der Waals surface area contributed by atoms with E-state index >= 15 is 0 Å². The van der Waals surface area contributed by atoms with Crippen molar-refractivity contribution in [1.29, 1.82) is 0 Å². The average Bonchev–Trinajstić information content (AvgIpc) is 3.06. The van der Waals surface area contributed by atoms with Crippen molar-refractivity contribution in [3.8, 4) is 0 Å². The molecule has 8 nitrogen and oxygen atoms in total. The van der Waals surface area contributed by atoms with Gasteiger partial charge in [-0.25, -0.2) is 0 Å². The molecule has 0 aliphatic rings. The van der Waals surface area contributed by atoms with Gasteiger partial charge in [0.2, 0.25) is 5.91 Å². The Kier molecular flexibility index (Phi) is 31.9. The Morgan fingerprint density at radius 2 is 1.22 bits per heavy atom. The fourth-order valence-corrected chi connectivity index (χ4v) is 5.84. The summed E-state index contributed by atoms with van der Waals surface area (Å²) in [6, 6.07) is -0.810. The van der Waals surface area contributed by atoms with Crippen LogP contribution in [0.5, 0.6) is 0 Å². The minimum atomic E-state index is -4.56. The zero-order valence-corrected chi connectivity index (χ0v) is 33.5. The lowest BCUT2D eigenvalue weighted by Gasteiger charge is -2.30. The van der Waals surface area contributed by atoms with E-state index in [0.29, 0.717) is 23.9 Å². The fraction of sp³-hybridized carbons (Fsp3) is 0.732. The third-order valence-corrected chi connectivity index (χ3v) is 9.23. The van der Waals surface area contributed by atoms with Crippen molar-refractivity contribution in [3.05, 3.63) is 60.8 Å². The van der Waals surface area contributed by atoms with Crippen LogP contribution in [0.4, 0.5) is 0 Å². The van der Waals surface area contributed by atoms with E-state index in [4.69, 9.17) is 9.05 Å². The number of likely N-dealkylation sites (N-methyl/N-ethyl adjacent to an activating group) is 1. The van der Waals surface area contributed by atoms with Crippen LogP contribution in [0.25, 0.3) is 0 Å². The Morgan fingerprint density at radius 3 is 1.78 bits per heavy atom. The molecule has 0 saturated heterocycles. The highest BCUT2D eigenvalue weighted by molar-refractivity contribution is 7.45. The molecule has 0 aromatic rings. The molecule has 9 heteroatoms. The highest BCUT2D eigenvalue weighted by atomic mass is 31.2. The summed E-state index contributed by atoms with van der Waals surface area (Å²) in [7, 11) is 1.27. The molecule has 0 aliphatic heterocycles. The molecule has 0 radical (unpaired) electrons. The van der Waals surface area contributed by atoms with Crippen LogP contribution in [0.2, 0.25) is 0 Å². The molecular formula is C41H75N2O6P. The molecule has 0 spiro atoms. The number of allylic oxidation sites excluding steroid dienone is 10. The van der Waals surface area contributed by atoms with E-state index in [1.54, 1.807) is 0 Å². The molecule has 0 rings (SSSR count). The maximum absolute atomic E-state index is 12.8. The second-order valence-electron chi connectivity index (χ2n) is 14.3. The Balaban J connectivity index is 4.34. The first kappa shape index (κ1) is 48.2. The monoisotopic (exact) mass is 723 g/mol. The van der Waals surface area contributed by atoms with Crippen molar-refractivity contribution in [3.63, 3.8) is 0 Å². The van der Waals surface area contributed by atoms with Gasteiger partial charge in [0, 0.05) is 6.42 Å². The molecule has 1 amide bonds. The Labute approximate surface area is 307 Å². The molecule has 0 aromatic carbocycles. The van der Waals surface area contributed by atoms with Crippen LogP contribution in [0.3, 0.4) is 0 Å². The molecule has 290 valence electrons. The van der Waals surface area contributed by atoms with Gasteiger partial charge < -0.3 is 28.8 Å². The third kappa shape index (κ3) is 34.6. The predicted octanol–water partition coefficient (Wildman–Crippen LogP) is 9.66. The number of hydrogen-bond donors (Lipinski definition) is 2. The van der Waals surface area contributed by atoms with Gasteiger partial charge in [0.1, 0.15) is 13.2 Å². The maximum Gasteiger partial charge on any atom is 0.268 e. The number of aliphatic hydroxyl groups is 1.